The van der Waals surface area contributed by atoms with E-state index in [1.54, 1.807) is 13.0 Å². The van der Waals surface area contributed by atoms with Gasteiger partial charge in [0, 0.05) is 11.6 Å². The summed E-state index contributed by atoms with van der Waals surface area (Å²) >= 11 is 0. The SMILES string of the molecule is COC(=O)[C@@H](C)NC(=O)c1cnc2ccccc2c1. The van der Waals surface area contributed by atoms with Crippen molar-refractivity contribution in [1.29, 1.82) is 0 Å². The number of pyridine rings is 1. The van der Waals surface area contributed by atoms with E-state index in [0.29, 0.717) is 5.56 Å². The maximum atomic E-state index is 12.0. The number of ether oxygens (including phenoxy) is 1. The Morgan fingerprint density at radius 3 is 2.79 bits per heavy atom. The zero-order chi connectivity index (χ0) is 13.8. The average Bonchev–Trinajstić information content (AvgIpc) is 2.45. The van der Waals surface area contributed by atoms with Gasteiger partial charge in [0.05, 0.1) is 18.2 Å². The Balaban J connectivity index is 2.19. The molecule has 5 heteroatoms. The van der Waals surface area contributed by atoms with Crippen LogP contribution >= 0.6 is 0 Å². The van der Waals surface area contributed by atoms with Crippen LogP contribution in [-0.2, 0) is 9.53 Å². The van der Waals surface area contributed by atoms with Crippen molar-refractivity contribution in [3.05, 3.63) is 42.1 Å². The number of amides is 1. The van der Waals surface area contributed by atoms with Crippen molar-refractivity contribution >= 4 is 22.8 Å². The molecule has 1 amide bonds. The van der Waals surface area contributed by atoms with Crippen LogP contribution in [0.15, 0.2) is 36.5 Å². The summed E-state index contributed by atoms with van der Waals surface area (Å²) in [7, 11) is 1.28. The second-order valence-corrected chi connectivity index (χ2v) is 4.14. The van der Waals surface area contributed by atoms with Gasteiger partial charge >= 0.3 is 5.97 Å². The van der Waals surface area contributed by atoms with Crippen LogP contribution < -0.4 is 5.32 Å². The molecule has 0 bridgehead atoms. The van der Waals surface area contributed by atoms with Crippen molar-refractivity contribution in [1.82, 2.24) is 10.3 Å². The Bertz CT molecular complexity index is 625. The number of benzene rings is 1. The fourth-order valence-corrected chi connectivity index (χ4v) is 1.71. The number of fused-ring (bicyclic) bond motifs is 1. The summed E-state index contributed by atoms with van der Waals surface area (Å²) in [4.78, 5) is 27.4. The monoisotopic (exact) mass is 258 g/mol. The molecule has 5 nitrogen and oxygen atoms in total. The minimum Gasteiger partial charge on any atom is -0.467 e. The van der Waals surface area contributed by atoms with Gasteiger partial charge in [-0.25, -0.2) is 4.79 Å². The fraction of sp³-hybridized carbons (Fsp3) is 0.214. The molecule has 0 unspecified atom stereocenters. The zero-order valence-corrected chi connectivity index (χ0v) is 10.7. The Morgan fingerprint density at radius 2 is 2.05 bits per heavy atom. The molecule has 1 N–H and O–H groups in total. The van der Waals surface area contributed by atoms with Gasteiger partial charge in [0.25, 0.3) is 5.91 Å². The molecule has 1 aromatic heterocycles. The van der Waals surface area contributed by atoms with Crippen molar-refractivity contribution in [2.75, 3.05) is 7.11 Å². The Kier molecular flexibility index (Phi) is 3.75. The lowest BCUT2D eigenvalue weighted by Gasteiger charge is -2.11. The molecular weight excluding hydrogens is 244 g/mol. The predicted octanol–water partition coefficient (Wildman–Crippen LogP) is 1.53. The summed E-state index contributed by atoms with van der Waals surface area (Å²) in [6, 6.07) is 8.56. The Labute approximate surface area is 110 Å². The predicted molar refractivity (Wildman–Crippen MR) is 70.7 cm³/mol. The molecule has 1 aromatic carbocycles. The standard InChI is InChI=1S/C14H14N2O3/c1-9(14(18)19-2)16-13(17)11-7-10-5-3-4-6-12(10)15-8-11/h3-9H,1-2H3,(H,16,17)/t9-/m1/s1. The smallest absolute Gasteiger partial charge is 0.328 e. The first kappa shape index (κ1) is 13.0. The van der Waals surface area contributed by atoms with Crippen LogP contribution in [0.3, 0.4) is 0 Å². The number of esters is 1. The van der Waals surface area contributed by atoms with Gasteiger partial charge in [0.15, 0.2) is 0 Å². The minimum atomic E-state index is -0.691. The number of para-hydroxylation sites is 1. The molecule has 1 atom stereocenters. The molecule has 0 saturated heterocycles. The Hall–Kier alpha value is -2.43. The third-order valence-corrected chi connectivity index (χ3v) is 2.76. The topological polar surface area (TPSA) is 68.3 Å². The van der Waals surface area contributed by atoms with Crippen molar-refractivity contribution in [3.63, 3.8) is 0 Å². The first-order valence-corrected chi connectivity index (χ1v) is 5.85. The zero-order valence-electron chi connectivity index (χ0n) is 10.7. The molecule has 1 heterocycles. The lowest BCUT2D eigenvalue weighted by atomic mass is 10.1. The number of carbonyl (C=O) groups excluding carboxylic acids is 2. The van der Waals surface area contributed by atoms with Gasteiger partial charge in [-0.2, -0.15) is 0 Å². The molecule has 19 heavy (non-hydrogen) atoms. The second kappa shape index (κ2) is 5.48. The highest BCUT2D eigenvalue weighted by molar-refractivity contribution is 5.99. The lowest BCUT2D eigenvalue weighted by molar-refractivity contribution is -0.142. The molecule has 0 spiro atoms. The van der Waals surface area contributed by atoms with E-state index in [4.69, 9.17) is 0 Å². The third kappa shape index (κ3) is 2.88. The molecule has 0 aliphatic carbocycles. The van der Waals surface area contributed by atoms with Crippen LogP contribution in [0.5, 0.6) is 0 Å². The van der Waals surface area contributed by atoms with E-state index < -0.39 is 12.0 Å². The first-order chi connectivity index (χ1) is 9.11. The second-order valence-electron chi connectivity index (χ2n) is 4.14. The van der Waals surface area contributed by atoms with Crippen molar-refractivity contribution in [2.45, 2.75) is 13.0 Å². The largest absolute Gasteiger partial charge is 0.467 e. The highest BCUT2D eigenvalue weighted by atomic mass is 16.5. The third-order valence-electron chi connectivity index (χ3n) is 2.76. The van der Waals surface area contributed by atoms with Crippen LogP contribution in [0, 0.1) is 0 Å². The summed E-state index contributed by atoms with van der Waals surface area (Å²) in [5.74, 6) is -0.835. The Morgan fingerprint density at radius 1 is 1.32 bits per heavy atom. The van der Waals surface area contributed by atoms with Gasteiger partial charge in [-0.05, 0) is 19.1 Å². The fourth-order valence-electron chi connectivity index (χ4n) is 1.71. The van der Waals surface area contributed by atoms with Gasteiger partial charge in [0.2, 0.25) is 0 Å². The quantitative estimate of drug-likeness (QED) is 0.848. The van der Waals surface area contributed by atoms with Gasteiger partial charge in [0.1, 0.15) is 6.04 Å². The molecule has 0 aliphatic heterocycles. The molecule has 2 rings (SSSR count). The summed E-state index contributed by atoms with van der Waals surface area (Å²) in [5, 5.41) is 3.43. The number of nitrogens with one attached hydrogen (secondary N) is 1. The number of rotatable bonds is 3. The van der Waals surface area contributed by atoms with E-state index in [9.17, 15) is 9.59 Å². The molecule has 2 aromatic rings. The van der Waals surface area contributed by atoms with Crippen LogP contribution in [-0.4, -0.2) is 30.0 Å². The molecule has 0 aliphatic rings. The highest BCUT2D eigenvalue weighted by Gasteiger charge is 2.17. The van der Waals surface area contributed by atoms with E-state index in [1.165, 1.54) is 13.3 Å². The molecule has 0 radical (unpaired) electrons. The van der Waals surface area contributed by atoms with Crippen LogP contribution in [0.4, 0.5) is 0 Å². The molecule has 98 valence electrons. The minimum absolute atomic E-state index is 0.351. The van der Waals surface area contributed by atoms with Gasteiger partial charge < -0.3 is 10.1 Å². The summed E-state index contributed by atoms with van der Waals surface area (Å²) in [6.07, 6.45) is 1.49. The number of aromatic nitrogens is 1. The van der Waals surface area contributed by atoms with Crippen molar-refractivity contribution < 1.29 is 14.3 Å². The van der Waals surface area contributed by atoms with Crippen molar-refractivity contribution in [2.24, 2.45) is 0 Å². The summed E-state index contributed by atoms with van der Waals surface area (Å²) in [5.41, 5.74) is 1.23. The van der Waals surface area contributed by atoms with E-state index in [0.717, 1.165) is 10.9 Å². The highest BCUT2D eigenvalue weighted by Crippen LogP contribution is 2.12. The van der Waals surface area contributed by atoms with E-state index in [-0.39, 0.29) is 5.91 Å². The maximum Gasteiger partial charge on any atom is 0.328 e. The molecule has 0 saturated carbocycles. The van der Waals surface area contributed by atoms with Crippen LogP contribution in [0.1, 0.15) is 17.3 Å². The number of hydrogen-bond acceptors (Lipinski definition) is 4. The lowest BCUT2D eigenvalue weighted by Crippen LogP contribution is -2.39. The van der Waals surface area contributed by atoms with Crippen LogP contribution in [0.2, 0.25) is 0 Å². The van der Waals surface area contributed by atoms with E-state index >= 15 is 0 Å². The van der Waals surface area contributed by atoms with E-state index in [2.05, 4.69) is 15.0 Å². The summed E-state index contributed by atoms with van der Waals surface area (Å²) < 4.78 is 4.55. The van der Waals surface area contributed by atoms with Crippen LogP contribution in [0.25, 0.3) is 10.9 Å². The van der Waals surface area contributed by atoms with Gasteiger partial charge in [-0.1, -0.05) is 18.2 Å². The maximum absolute atomic E-state index is 12.0. The number of hydrogen-bond donors (Lipinski definition) is 1. The van der Waals surface area contributed by atoms with Crippen molar-refractivity contribution in [3.8, 4) is 0 Å². The summed E-state index contributed by atoms with van der Waals surface area (Å²) in [6.45, 7) is 1.57. The first-order valence-electron chi connectivity index (χ1n) is 5.85. The van der Waals surface area contributed by atoms with Gasteiger partial charge in [-0.15, -0.1) is 0 Å². The van der Waals surface area contributed by atoms with E-state index in [1.807, 2.05) is 24.3 Å². The number of nitrogens with zero attached hydrogens (tertiary/aromatic N) is 1. The number of carbonyl (C=O) groups is 2. The molecule has 0 fully saturated rings. The average molecular weight is 258 g/mol. The van der Waals surface area contributed by atoms with Gasteiger partial charge in [-0.3, -0.25) is 9.78 Å². The number of methoxy groups -OCH3 is 1. The normalized spacial score (nSPS) is 11.9. The molecular formula is C14H14N2O3.